The van der Waals surface area contributed by atoms with Gasteiger partial charge in [0.1, 0.15) is 22.9 Å². The number of nitrogen functional groups attached to an aromatic ring is 1. The van der Waals surface area contributed by atoms with Crippen molar-refractivity contribution in [2.45, 2.75) is 79.1 Å². The number of nitrogens with two attached hydrogens (primary N) is 1. The Kier molecular flexibility index (Phi) is 12.2. The molecule has 0 spiro atoms. The Labute approximate surface area is 258 Å². The summed E-state index contributed by atoms with van der Waals surface area (Å²) in [6.45, 7) is 6.61. The molecule has 1 aliphatic heterocycles. The summed E-state index contributed by atoms with van der Waals surface area (Å²) in [4.78, 5) is 56.9. The van der Waals surface area contributed by atoms with Crippen LogP contribution in [0.15, 0.2) is 18.2 Å². The number of carbonyl (C=O) groups is 4. The number of rotatable bonds is 18. The van der Waals surface area contributed by atoms with Gasteiger partial charge in [0.15, 0.2) is 11.6 Å². The summed E-state index contributed by atoms with van der Waals surface area (Å²) in [6, 6.07) is 3.79. The van der Waals surface area contributed by atoms with Crippen LogP contribution in [0.4, 0.5) is 14.9 Å². The number of likely N-dealkylation sites (tertiary alicyclic amines) is 1. The number of hydrogen-bond donors (Lipinski definition) is 1. The highest BCUT2D eigenvalue weighted by Crippen LogP contribution is 2.82. The second-order valence-electron chi connectivity index (χ2n) is 11.5. The summed E-state index contributed by atoms with van der Waals surface area (Å²) in [5.41, 5.74) is 0.0367. The third-order valence-corrected chi connectivity index (χ3v) is 8.60. The summed E-state index contributed by atoms with van der Waals surface area (Å²) in [5.74, 6) is -3.59. The van der Waals surface area contributed by atoms with Crippen LogP contribution in [0.2, 0.25) is 0 Å². The van der Waals surface area contributed by atoms with Crippen molar-refractivity contribution in [2.24, 2.45) is 16.2 Å². The number of ether oxygens (including phenoxy) is 5. The van der Waals surface area contributed by atoms with Gasteiger partial charge in [-0.2, -0.15) is 0 Å². The van der Waals surface area contributed by atoms with Gasteiger partial charge in [-0.05, 0) is 37.8 Å². The van der Waals surface area contributed by atoms with Gasteiger partial charge in [0.25, 0.3) is 0 Å². The van der Waals surface area contributed by atoms with Crippen molar-refractivity contribution in [1.29, 1.82) is 0 Å². The molecular weight excluding hydrogens is 575 g/mol. The van der Waals surface area contributed by atoms with E-state index in [-0.39, 0.29) is 51.0 Å². The summed E-state index contributed by atoms with van der Waals surface area (Å²) < 4.78 is 43.2. The maximum atomic E-state index is 14.8. The van der Waals surface area contributed by atoms with Gasteiger partial charge >= 0.3 is 24.0 Å². The first-order valence-corrected chi connectivity index (χ1v) is 15.7. The van der Waals surface area contributed by atoms with E-state index >= 15 is 0 Å². The molecule has 2 unspecified atom stereocenters. The lowest BCUT2D eigenvalue weighted by atomic mass is 9.90. The van der Waals surface area contributed by atoms with E-state index in [1.165, 1.54) is 17.0 Å². The topological polar surface area (TPSA) is 144 Å². The van der Waals surface area contributed by atoms with Crippen LogP contribution in [0.25, 0.3) is 0 Å². The first kappa shape index (κ1) is 34.9. The van der Waals surface area contributed by atoms with Gasteiger partial charge in [-0.3, -0.25) is 14.4 Å². The molecule has 3 atom stereocenters. The van der Waals surface area contributed by atoms with Crippen LogP contribution in [0.3, 0.4) is 0 Å². The highest BCUT2D eigenvalue weighted by Gasteiger charge is 3.02. The van der Waals surface area contributed by atoms with Crippen LogP contribution in [0.5, 0.6) is 5.75 Å². The SMILES string of the molecule is CCCCOC(=O)N1CC2(C(=O)OCCCC)C(COc3ccc(N)cc3F)(C(=O)OCCCC)[C@]2(C(=O)OCCCC)C1. The molecule has 2 fully saturated rings. The van der Waals surface area contributed by atoms with Crippen molar-refractivity contribution in [3.05, 3.63) is 24.0 Å². The number of anilines is 1. The lowest BCUT2D eigenvalue weighted by Crippen LogP contribution is -2.47. The molecule has 3 rings (SSSR count). The number of amides is 1. The Morgan fingerprint density at radius 2 is 1.20 bits per heavy atom. The number of fused-ring (bicyclic) bond motifs is 1. The minimum absolute atomic E-state index is 0.0258. The lowest BCUT2D eigenvalue weighted by molar-refractivity contribution is -0.164. The number of unbranched alkanes of at least 4 members (excludes halogenated alkanes) is 4. The van der Waals surface area contributed by atoms with Crippen LogP contribution >= 0.6 is 0 Å². The predicted molar refractivity (Wildman–Crippen MR) is 159 cm³/mol. The first-order chi connectivity index (χ1) is 21.1. The zero-order valence-electron chi connectivity index (χ0n) is 26.4. The van der Waals surface area contributed by atoms with Gasteiger partial charge in [0, 0.05) is 24.8 Å². The van der Waals surface area contributed by atoms with E-state index in [9.17, 15) is 23.6 Å². The minimum atomic E-state index is -1.98. The molecular formula is C32H47FN2O9. The fourth-order valence-corrected chi connectivity index (χ4v) is 6.06. The van der Waals surface area contributed by atoms with Gasteiger partial charge in [0.2, 0.25) is 0 Å². The highest BCUT2D eigenvalue weighted by atomic mass is 19.1. The number of halogens is 1. The van der Waals surface area contributed by atoms with Crippen molar-refractivity contribution in [2.75, 3.05) is 51.9 Å². The Balaban J connectivity index is 2.15. The van der Waals surface area contributed by atoms with Crippen LogP contribution in [-0.4, -0.2) is 75.0 Å². The van der Waals surface area contributed by atoms with E-state index in [1.807, 2.05) is 27.7 Å². The van der Waals surface area contributed by atoms with E-state index in [2.05, 4.69) is 0 Å². The molecule has 1 aliphatic carbocycles. The third-order valence-electron chi connectivity index (χ3n) is 8.60. The average Bonchev–Trinajstić information content (AvgIpc) is 3.29. The Bertz CT molecular complexity index is 1140. The van der Waals surface area contributed by atoms with Gasteiger partial charge in [-0.15, -0.1) is 0 Å². The van der Waals surface area contributed by atoms with Crippen molar-refractivity contribution in [1.82, 2.24) is 4.90 Å². The van der Waals surface area contributed by atoms with Gasteiger partial charge in [0.05, 0.1) is 26.4 Å². The van der Waals surface area contributed by atoms with Crippen molar-refractivity contribution in [3.8, 4) is 5.75 Å². The molecule has 11 nitrogen and oxygen atoms in total. The summed E-state index contributed by atoms with van der Waals surface area (Å²) >= 11 is 0. The third kappa shape index (κ3) is 6.30. The highest BCUT2D eigenvalue weighted by molar-refractivity contribution is 6.09. The molecule has 2 N–H and O–H groups in total. The number of benzene rings is 1. The predicted octanol–water partition coefficient (Wildman–Crippen LogP) is 5.04. The normalized spacial score (nSPS) is 23.4. The maximum Gasteiger partial charge on any atom is 0.409 e. The summed E-state index contributed by atoms with van der Waals surface area (Å²) in [6.07, 6.45) is 4.48. The number of esters is 3. The smallest absolute Gasteiger partial charge is 0.409 e. The summed E-state index contributed by atoms with van der Waals surface area (Å²) in [5, 5.41) is 0. The fourth-order valence-electron chi connectivity index (χ4n) is 6.06. The van der Waals surface area contributed by atoms with E-state index in [4.69, 9.17) is 29.4 Å². The largest absolute Gasteiger partial charge is 0.489 e. The average molecular weight is 623 g/mol. The standard InChI is InChI=1S/C32H47FN2O9/c1-5-9-15-40-26(36)30-20-35(29(39)43-18-12-8-4)21-31(30,27(37)41-16-10-6-2)32(30,28(38)42-17-11-7-3)22-44-25-14-13-23(34)19-24(25)33/h13-14,19H,5-12,15-18,20-22,34H2,1-4H3/t30-,31?,32?/m0/s1. The second-order valence-corrected chi connectivity index (χ2v) is 11.5. The fraction of sp³-hybridized carbons (Fsp3) is 0.688. The molecule has 2 aliphatic rings. The van der Waals surface area contributed by atoms with E-state index in [0.717, 1.165) is 31.7 Å². The summed E-state index contributed by atoms with van der Waals surface area (Å²) in [7, 11) is 0. The molecule has 1 amide bonds. The molecule has 44 heavy (non-hydrogen) atoms. The number of piperidine rings is 1. The monoisotopic (exact) mass is 622 g/mol. The first-order valence-electron chi connectivity index (χ1n) is 15.7. The molecule has 0 aromatic heterocycles. The molecule has 1 heterocycles. The number of carbonyl (C=O) groups excluding carboxylic acids is 4. The number of nitrogens with zero attached hydrogens (tertiary/aromatic N) is 1. The van der Waals surface area contributed by atoms with Crippen molar-refractivity contribution < 1.29 is 47.3 Å². The van der Waals surface area contributed by atoms with Gasteiger partial charge in [-0.1, -0.05) is 53.4 Å². The van der Waals surface area contributed by atoms with Gasteiger partial charge in [-0.25, -0.2) is 9.18 Å². The van der Waals surface area contributed by atoms with Crippen LogP contribution < -0.4 is 10.5 Å². The van der Waals surface area contributed by atoms with E-state index in [0.29, 0.717) is 25.7 Å². The molecule has 0 bridgehead atoms. The zero-order valence-corrected chi connectivity index (χ0v) is 26.4. The Hall–Kier alpha value is -3.57. The van der Waals surface area contributed by atoms with Crippen molar-refractivity contribution >= 4 is 29.7 Å². The zero-order chi connectivity index (χ0) is 32.4. The van der Waals surface area contributed by atoms with Crippen molar-refractivity contribution in [3.63, 3.8) is 0 Å². The van der Waals surface area contributed by atoms with Crippen LogP contribution in [-0.2, 0) is 33.3 Å². The maximum absolute atomic E-state index is 14.8. The second kappa shape index (κ2) is 15.4. The molecule has 1 saturated heterocycles. The van der Waals surface area contributed by atoms with E-state index in [1.54, 1.807) is 0 Å². The molecule has 0 radical (unpaired) electrons. The lowest BCUT2D eigenvalue weighted by Gasteiger charge is -2.30. The molecule has 1 aromatic rings. The minimum Gasteiger partial charge on any atom is -0.489 e. The van der Waals surface area contributed by atoms with Crippen LogP contribution in [0, 0.1) is 22.1 Å². The van der Waals surface area contributed by atoms with Gasteiger partial charge < -0.3 is 34.3 Å². The Morgan fingerprint density at radius 3 is 1.66 bits per heavy atom. The Morgan fingerprint density at radius 1 is 0.750 bits per heavy atom. The quantitative estimate of drug-likeness (QED) is 0.102. The van der Waals surface area contributed by atoms with E-state index < -0.39 is 52.7 Å². The van der Waals surface area contributed by atoms with Crippen LogP contribution in [0.1, 0.15) is 79.1 Å². The molecule has 12 heteroatoms. The molecule has 246 valence electrons. The molecule has 1 saturated carbocycles. The molecule has 1 aromatic carbocycles. The number of hydrogen-bond acceptors (Lipinski definition) is 10.